The zero-order valence-corrected chi connectivity index (χ0v) is 7.82. The van der Waals surface area contributed by atoms with E-state index in [1.54, 1.807) is 6.20 Å². The highest BCUT2D eigenvalue weighted by Crippen LogP contribution is 2.27. The summed E-state index contributed by atoms with van der Waals surface area (Å²) in [6, 6.07) is 1.84. The Labute approximate surface area is 81.9 Å². The van der Waals surface area contributed by atoms with Crippen LogP contribution in [0.2, 0.25) is 0 Å². The summed E-state index contributed by atoms with van der Waals surface area (Å²) in [6.45, 7) is 1.43. The minimum absolute atomic E-state index is 0.237. The molecule has 1 aromatic heterocycles. The van der Waals surface area contributed by atoms with Crippen molar-refractivity contribution < 1.29 is 14.6 Å². The second-order valence-corrected chi connectivity index (χ2v) is 3.53. The summed E-state index contributed by atoms with van der Waals surface area (Å²) < 4.78 is 5.33. The van der Waals surface area contributed by atoms with E-state index in [1.807, 2.05) is 6.07 Å². The zero-order chi connectivity index (χ0) is 9.97. The van der Waals surface area contributed by atoms with E-state index in [1.165, 1.54) is 0 Å². The van der Waals surface area contributed by atoms with Gasteiger partial charge < -0.3 is 14.8 Å². The van der Waals surface area contributed by atoms with Gasteiger partial charge in [0.25, 0.3) is 0 Å². The normalized spacial score (nSPS) is 22.1. The first kappa shape index (κ1) is 9.27. The fraction of sp³-hybridized carbons (Fsp3) is 0.500. The number of H-pyrrole nitrogens is 1. The number of carbonyl (C=O) groups is 1. The van der Waals surface area contributed by atoms with Crippen LogP contribution >= 0.6 is 0 Å². The zero-order valence-electron chi connectivity index (χ0n) is 7.82. The Morgan fingerprint density at radius 1 is 1.64 bits per heavy atom. The Balaban J connectivity index is 2.21. The third-order valence-corrected chi connectivity index (χ3v) is 2.59. The molecule has 0 aliphatic carbocycles. The summed E-state index contributed by atoms with van der Waals surface area (Å²) >= 11 is 0. The van der Waals surface area contributed by atoms with E-state index in [0.717, 1.165) is 25.0 Å². The van der Waals surface area contributed by atoms with Crippen molar-refractivity contribution >= 4 is 5.97 Å². The van der Waals surface area contributed by atoms with Gasteiger partial charge in [-0.2, -0.15) is 0 Å². The highest BCUT2D eigenvalue weighted by atomic mass is 16.5. The van der Waals surface area contributed by atoms with E-state index in [9.17, 15) is 4.79 Å². The van der Waals surface area contributed by atoms with E-state index in [0.29, 0.717) is 12.3 Å². The molecule has 1 aliphatic rings. The van der Waals surface area contributed by atoms with Crippen molar-refractivity contribution in [3.8, 4) is 0 Å². The number of nitrogens with one attached hydrogen (secondary N) is 1. The number of carboxylic acids is 1. The monoisotopic (exact) mass is 195 g/mol. The maximum Gasteiger partial charge on any atom is 0.352 e. The molecule has 14 heavy (non-hydrogen) atoms. The van der Waals surface area contributed by atoms with E-state index in [-0.39, 0.29) is 5.92 Å². The second-order valence-electron chi connectivity index (χ2n) is 3.53. The van der Waals surface area contributed by atoms with E-state index >= 15 is 0 Å². The molecule has 1 fully saturated rings. The van der Waals surface area contributed by atoms with Crippen molar-refractivity contribution in [1.29, 1.82) is 0 Å². The lowest BCUT2D eigenvalue weighted by Crippen LogP contribution is -2.17. The Morgan fingerprint density at radius 3 is 3.14 bits per heavy atom. The number of aromatic amines is 1. The molecule has 0 bridgehead atoms. The third-order valence-electron chi connectivity index (χ3n) is 2.59. The molecule has 1 unspecified atom stereocenters. The first-order chi connectivity index (χ1) is 6.79. The highest BCUT2D eigenvalue weighted by molar-refractivity contribution is 5.87. The molecule has 1 saturated heterocycles. The number of aromatic carboxylic acids is 1. The number of aromatic nitrogens is 1. The number of hydrogen-bond donors (Lipinski definition) is 2. The van der Waals surface area contributed by atoms with Gasteiger partial charge in [-0.1, -0.05) is 0 Å². The van der Waals surface area contributed by atoms with Crippen LogP contribution in [0.25, 0.3) is 0 Å². The highest BCUT2D eigenvalue weighted by Gasteiger charge is 2.22. The number of ether oxygens (including phenoxy) is 1. The molecule has 2 heterocycles. The van der Waals surface area contributed by atoms with Crippen LogP contribution < -0.4 is 0 Å². The van der Waals surface area contributed by atoms with Gasteiger partial charge in [0.2, 0.25) is 0 Å². The molecule has 1 aliphatic heterocycles. The van der Waals surface area contributed by atoms with Gasteiger partial charge in [0, 0.05) is 18.7 Å². The number of hydrogen-bond acceptors (Lipinski definition) is 2. The van der Waals surface area contributed by atoms with Crippen molar-refractivity contribution in [3.05, 3.63) is 23.5 Å². The van der Waals surface area contributed by atoms with Gasteiger partial charge in [0.1, 0.15) is 5.69 Å². The molecule has 0 spiro atoms. The van der Waals surface area contributed by atoms with Crippen molar-refractivity contribution in [2.75, 3.05) is 13.2 Å². The average molecular weight is 195 g/mol. The molecule has 4 heteroatoms. The number of rotatable bonds is 2. The topological polar surface area (TPSA) is 62.3 Å². The van der Waals surface area contributed by atoms with E-state index in [4.69, 9.17) is 9.84 Å². The Bertz CT molecular complexity index is 326. The molecular formula is C10H13NO3. The Morgan fingerprint density at radius 2 is 2.50 bits per heavy atom. The summed E-state index contributed by atoms with van der Waals surface area (Å²) in [7, 11) is 0. The van der Waals surface area contributed by atoms with Gasteiger partial charge in [0.05, 0.1) is 6.61 Å². The van der Waals surface area contributed by atoms with Crippen LogP contribution in [-0.4, -0.2) is 29.3 Å². The van der Waals surface area contributed by atoms with Crippen LogP contribution in [0.15, 0.2) is 12.3 Å². The molecule has 2 rings (SSSR count). The number of carboxylic acid groups (broad SMARTS) is 1. The van der Waals surface area contributed by atoms with E-state index < -0.39 is 5.97 Å². The van der Waals surface area contributed by atoms with Gasteiger partial charge in [-0.25, -0.2) is 4.79 Å². The van der Waals surface area contributed by atoms with Crippen LogP contribution in [-0.2, 0) is 4.74 Å². The Kier molecular flexibility index (Phi) is 2.54. The summed E-state index contributed by atoms with van der Waals surface area (Å²) in [4.78, 5) is 13.6. The van der Waals surface area contributed by atoms with Crippen LogP contribution in [0, 0.1) is 0 Å². The van der Waals surface area contributed by atoms with Gasteiger partial charge in [-0.3, -0.25) is 0 Å². The van der Waals surface area contributed by atoms with Crippen molar-refractivity contribution in [2.24, 2.45) is 0 Å². The Hall–Kier alpha value is -1.29. The van der Waals surface area contributed by atoms with E-state index in [2.05, 4.69) is 4.98 Å². The third kappa shape index (κ3) is 1.65. The average Bonchev–Trinajstić information content (AvgIpc) is 2.67. The SMILES string of the molecule is O=C(O)c1[nH]ccc1C1CCCOC1. The molecule has 0 aromatic carbocycles. The van der Waals surface area contributed by atoms with Crippen LogP contribution in [0.5, 0.6) is 0 Å². The van der Waals surface area contributed by atoms with Crippen LogP contribution in [0.1, 0.15) is 34.8 Å². The second kappa shape index (κ2) is 3.84. The molecule has 1 atom stereocenters. The van der Waals surface area contributed by atoms with Gasteiger partial charge in [-0.05, 0) is 24.5 Å². The lowest BCUT2D eigenvalue weighted by Gasteiger charge is -2.21. The lowest BCUT2D eigenvalue weighted by atomic mass is 9.94. The maximum atomic E-state index is 10.9. The predicted octanol–water partition coefficient (Wildman–Crippen LogP) is 1.61. The smallest absolute Gasteiger partial charge is 0.352 e. The fourth-order valence-corrected chi connectivity index (χ4v) is 1.89. The van der Waals surface area contributed by atoms with Crippen LogP contribution in [0.3, 0.4) is 0 Å². The van der Waals surface area contributed by atoms with Gasteiger partial charge >= 0.3 is 5.97 Å². The summed E-state index contributed by atoms with van der Waals surface area (Å²) in [5.74, 6) is -0.656. The molecule has 4 nitrogen and oxygen atoms in total. The fourth-order valence-electron chi connectivity index (χ4n) is 1.89. The summed E-state index contributed by atoms with van der Waals surface area (Å²) in [5, 5.41) is 8.91. The molecule has 1 aromatic rings. The standard InChI is InChI=1S/C10H13NO3/c12-10(13)9-8(3-4-11-9)7-2-1-5-14-6-7/h3-4,7,11H,1-2,5-6H2,(H,12,13). The molecule has 0 radical (unpaired) electrons. The largest absolute Gasteiger partial charge is 0.477 e. The molecule has 76 valence electrons. The molecule has 0 amide bonds. The van der Waals surface area contributed by atoms with Gasteiger partial charge in [-0.15, -0.1) is 0 Å². The van der Waals surface area contributed by atoms with Crippen LogP contribution in [0.4, 0.5) is 0 Å². The van der Waals surface area contributed by atoms with Crippen molar-refractivity contribution in [2.45, 2.75) is 18.8 Å². The molecule has 2 N–H and O–H groups in total. The van der Waals surface area contributed by atoms with Crippen molar-refractivity contribution in [1.82, 2.24) is 4.98 Å². The predicted molar refractivity (Wildman–Crippen MR) is 50.5 cm³/mol. The minimum Gasteiger partial charge on any atom is -0.477 e. The van der Waals surface area contributed by atoms with Crippen molar-refractivity contribution in [3.63, 3.8) is 0 Å². The van der Waals surface area contributed by atoms with Gasteiger partial charge in [0.15, 0.2) is 0 Å². The summed E-state index contributed by atoms with van der Waals surface area (Å²) in [6.07, 6.45) is 3.69. The first-order valence-electron chi connectivity index (χ1n) is 4.77. The molecular weight excluding hydrogens is 182 g/mol. The quantitative estimate of drug-likeness (QED) is 0.753. The lowest BCUT2D eigenvalue weighted by molar-refractivity contribution is 0.0675. The molecule has 0 saturated carbocycles. The summed E-state index contributed by atoms with van der Waals surface area (Å²) in [5.41, 5.74) is 1.18. The first-order valence-corrected chi connectivity index (χ1v) is 4.77. The maximum absolute atomic E-state index is 10.9. The minimum atomic E-state index is -0.893.